The van der Waals surface area contributed by atoms with Crippen molar-refractivity contribution in [1.29, 1.82) is 0 Å². The highest BCUT2D eigenvalue weighted by atomic mass is 35.5. The third kappa shape index (κ3) is 34.5. The molecule has 3 heteroatoms. The van der Waals surface area contributed by atoms with Gasteiger partial charge >= 0.3 is 0 Å². The Kier molecular flexibility index (Phi) is 14.2. The van der Waals surface area contributed by atoms with Crippen molar-refractivity contribution in [3.63, 3.8) is 0 Å². The van der Waals surface area contributed by atoms with Crippen LogP contribution in [0.15, 0.2) is 0 Å². The summed E-state index contributed by atoms with van der Waals surface area (Å²) in [7, 11) is 0. The van der Waals surface area contributed by atoms with Gasteiger partial charge in [0.25, 0.3) is 0 Å². The van der Waals surface area contributed by atoms with Crippen molar-refractivity contribution in [2.45, 2.75) is 13.3 Å². The molecule has 0 saturated carbocycles. The molecule has 0 amide bonds. The highest BCUT2D eigenvalue weighted by molar-refractivity contribution is 6.17. The van der Waals surface area contributed by atoms with Crippen LogP contribution in [0.5, 0.6) is 0 Å². The van der Waals surface area contributed by atoms with Gasteiger partial charge in [-0.25, -0.2) is 0 Å². The SMILES string of the molecule is C1CO1.CCCCl.O. The van der Waals surface area contributed by atoms with Crippen LogP contribution in [-0.2, 0) is 4.74 Å². The molecule has 8 heavy (non-hydrogen) atoms. The van der Waals surface area contributed by atoms with E-state index < -0.39 is 0 Å². The van der Waals surface area contributed by atoms with Gasteiger partial charge < -0.3 is 10.2 Å². The lowest BCUT2D eigenvalue weighted by Crippen LogP contribution is -1.55. The molecule has 1 saturated heterocycles. The van der Waals surface area contributed by atoms with Crippen LogP contribution in [0, 0.1) is 0 Å². The van der Waals surface area contributed by atoms with Crippen LogP contribution < -0.4 is 0 Å². The van der Waals surface area contributed by atoms with Crippen molar-refractivity contribution in [2.24, 2.45) is 0 Å². The molecule has 2 N–H and O–H groups in total. The van der Waals surface area contributed by atoms with Gasteiger partial charge in [0.05, 0.1) is 13.2 Å². The monoisotopic (exact) mass is 140 g/mol. The topological polar surface area (TPSA) is 44.0 Å². The fourth-order valence-electron chi connectivity index (χ4n) is 0. The Bertz CT molecular complexity index is 26.9. The fraction of sp³-hybridized carbons (Fsp3) is 1.00. The first-order valence-corrected chi connectivity index (χ1v) is 3.09. The van der Waals surface area contributed by atoms with Crippen LogP contribution in [-0.4, -0.2) is 24.6 Å². The lowest BCUT2D eigenvalue weighted by Gasteiger charge is -1.65. The normalized spacial score (nSPS) is 12.8. The average Bonchev–Trinajstić information content (AvgIpc) is 2.47. The Morgan fingerprint density at radius 3 is 1.75 bits per heavy atom. The largest absolute Gasteiger partial charge is 0.412 e. The van der Waals surface area contributed by atoms with E-state index in [2.05, 4.69) is 4.74 Å². The van der Waals surface area contributed by atoms with Crippen LogP contribution in [0.25, 0.3) is 0 Å². The molecule has 1 aliphatic heterocycles. The second-order valence-corrected chi connectivity index (χ2v) is 1.68. The minimum absolute atomic E-state index is 0. The van der Waals surface area contributed by atoms with Crippen molar-refractivity contribution < 1.29 is 10.2 Å². The maximum absolute atomic E-state index is 5.19. The number of rotatable bonds is 1. The maximum Gasteiger partial charge on any atom is 0.0701 e. The summed E-state index contributed by atoms with van der Waals surface area (Å²) in [5.41, 5.74) is 0. The van der Waals surface area contributed by atoms with E-state index in [1.165, 1.54) is 0 Å². The maximum atomic E-state index is 5.19. The van der Waals surface area contributed by atoms with E-state index in [-0.39, 0.29) is 5.48 Å². The predicted octanol–water partition coefficient (Wildman–Crippen LogP) is 0.827. The predicted molar refractivity (Wildman–Crippen MR) is 35.4 cm³/mol. The number of alkyl halides is 1. The zero-order valence-corrected chi connectivity index (χ0v) is 5.87. The van der Waals surface area contributed by atoms with Gasteiger partial charge in [-0.15, -0.1) is 11.6 Å². The molecule has 0 spiro atoms. The molecule has 0 radical (unpaired) electrons. The first kappa shape index (κ1) is 11.1. The van der Waals surface area contributed by atoms with Gasteiger partial charge in [-0.2, -0.15) is 0 Å². The minimum Gasteiger partial charge on any atom is -0.412 e. The quantitative estimate of drug-likeness (QED) is 0.393. The highest BCUT2D eigenvalue weighted by Crippen LogP contribution is 1.84. The summed E-state index contributed by atoms with van der Waals surface area (Å²) in [6.45, 7) is 4.05. The third-order valence-corrected chi connectivity index (χ3v) is 0.771. The van der Waals surface area contributed by atoms with Crippen molar-refractivity contribution >= 4 is 11.6 Å². The Labute approximate surface area is 55.1 Å². The van der Waals surface area contributed by atoms with Crippen LogP contribution in [0.4, 0.5) is 0 Å². The van der Waals surface area contributed by atoms with Crippen molar-refractivity contribution in [1.82, 2.24) is 0 Å². The van der Waals surface area contributed by atoms with Crippen molar-refractivity contribution in [3.05, 3.63) is 0 Å². The zero-order valence-electron chi connectivity index (χ0n) is 5.11. The Morgan fingerprint density at radius 1 is 1.50 bits per heavy atom. The molecule has 0 bridgehead atoms. The lowest BCUT2D eigenvalue weighted by molar-refractivity contribution is 0.475. The fourth-order valence-corrected chi connectivity index (χ4v) is 0. The molecule has 1 rings (SSSR count). The van der Waals surface area contributed by atoms with Gasteiger partial charge in [-0.1, -0.05) is 6.92 Å². The first-order chi connectivity index (χ1) is 3.41. The molecule has 0 aliphatic carbocycles. The number of ether oxygens (including phenoxy) is 1. The lowest BCUT2D eigenvalue weighted by atomic mass is 10.6. The van der Waals surface area contributed by atoms with Crippen LogP contribution in [0.3, 0.4) is 0 Å². The number of halogens is 1. The Balaban J connectivity index is 0. The summed E-state index contributed by atoms with van der Waals surface area (Å²) < 4.78 is 4.50. The van der Waals surface area contributed by atoms with E-state index in [9.17, 15) is 0 Å². The number of epoxide rings is 1. The molecular formula is C5H13ClO2. The van der Waals surface area contributed by atoms with E-state index >= 15 is 0 Å². The molecule has 0 aromatic heterocycles. The van der Waals surface area contributed by atoms with E-state index in [0.29, 0.717) is 0 Å². The molecular weight excluding hydrogens is 128 g/mol. The van der Waals surface area contributed by atoms with Crippen molar-refractivity contribution in [3.8, 4) is 0 Å². The molecule has 1 aliphatic rings. The van der Waals surface area contributed by atoms with Crippen LogP contribution in [0.2, 0.25) is 0 Å². The van der Waals surface area contributed by atoms with E-state index in [0.717, 1.165) is 25.5 Å². The molecule has 0 aromatic carbocycles. The first-order valence-electron chi connectivity index (χ1n) is 2.55. The van der Waals surface area contributed by atoms with E-state index in [1.807, 2.05) is 6.92 Å². The van der Waals surface area contributed by atoms with Gasteiger partial charge in [0.1, 0.15) is 0 Å². The smallest absolute Gasteiger partial charge is 0.0701 e. The molecule has 1 fully saturated rings. The summed E-state index contributed by atoms with van der Waals surface area (Å²) in [6, 6.07) is 0. The summed E-state index contributed by atoms with van der Waals surface area (Å²) in [5, 5.41) is 0. The van der Waals surface area contributed by atoms with E-state index in [1.54, 1.807) is 0 Å². The highest BCUT2D eigenvalue weighted by Gasteiger charge is 1.94. The van der Waals surface area contributed by atoms with Gasteiger partial charge in [-0.05, 0) is 6.42 Å². The molecule has 1 heterocycles. The average molecular weight is 141 g/mol. The summed E-state index contributed by atoms with van der Waals surface area (Å²) in [4.78, 5) is 0. The van der Waals surface area contributed by atoms with Gasteiger partial charge in [0.15, 0.2) is 0 Å². The second kappa shape index (κ2) is 10.2. The minimum atomic E-state index is 0. The summed E-state index contributed by atoms with van der Waals surface area (Å²) >= 11 is 5.19. The number of hydrogen-bond donors (Lipinski definition) is 0. The Morgan fingerprint density at radius 2 is 1.75 bits per heavy atom. The summed E-state index contributed by atoms with van der Waals surface area (Å²) in [5.74, 6) is 0.792. The molecule has 0 aromatic rings. The molecule has 0 atom stereocenters. The van der Waals surface area contributed by atoms with Crippen molar-refractivity contribution in [2.75, 3.05) is 19.1 Å². The third-order valence-electron chi connectivity index (χ3n) is 0.393. The second-order valence-electron chi connectivity index (χ2n) is 1.30. The number of hydrogen-bond acceptors (Lipinski definition) is 1. The summed E-state index contributed by atoms with van der Waals surface area (Å²) in [6.07, 6.45) is 1.08. The van der Waals surface area contributed by atoms with Crippen LogP contribution in [0.1, 0.15) is 13.3 Å². The standard InChI is InChI=1S/C3H7Cl.C2H4O.H2O/c1-2-3-4;1-2-3-1;/h2-3H2,1H3;1-2H2;1H2. The van der Waals surface area contributed by atoms with Crippen LogP contribution >= 0.6 is 11.6 Å². The molecule has 0 unspecified atom stereocenters. The zero-order chi connectivity index (χ0) is 5.54. The van der Waals surface area contributed by atoms with Gasteiger partial charge in [0, 0.05) is 5.88 Å². The van der Waals surface area contributed by atoms with Gasteiger partial charge in [0.2, 0.25) is 0 Å². The van der Waals surface area contributed by atoms with Gasteiger partial charge in [-0.3, -0.25) is 0 Å². The molecule has 52 valence electrons. The molecule has 2 nitrogen and oxygen atoms in total. The van der Waals surface area contributed by atoms with E-state index in [4.69, 9.17) is 11.6 Å². The Hall–Kier alpha value is 0.210.